The number of ketones is 1. The first-order valence-electron chi connectivity index (χ1n) is 4.47. The third kappa shape index (κ3) is 1.78. The van der Waals surface area contributed by atoms with E-state index in [1.807, 2.05) is 12.4 Å². The van der Waals surface area contributed by atoms with Crippen molar-refractivity contribution < 1.29 is 4.79 Å². The normalized spacial score (nSPS) is 17.0. The highest BCUT2D eigenvalue weighted by atomic mass is 16.1. The highest BCUT2D eigenvalue weighted by Crippen LogP contribution is 2.09. The molecule has 0 amide bonds. The number of rotatable bonds is 2. The molecule has 0 bridgehead atoms. The second-order valence-corrected chi connectivity index (χ2v) is 3.45. The minimum Gasteiger partial charge on any atom is -0.333 e. The fourth-order valence-corrected chi connectivity index (χ4v) is 1.67. The molecule has 0 N–H and O–H groups in total. The van der Waals surface area contributed by atoms with Crippen molar-refractivity contribution in [2.45, 2.75) is 20.0 Å². The van der Waals surface area contributed by atoms with Crippen LogP contribution in [0.4, 0.5) is 0 Å². The van der Waals surface area contributed by atoms with Crippen LogP contribution in [0.3, 0.4) is 0 Å². The quantitative estimate of drug-likeness (QED) is 0.655. The van der Waals surface area contributed by atoms with Gasteiger partial charge in [0.25, 0.3) is 0 Å². The maximum Gasteiger partial charge on any atom is 0.143 e. The second-order valence-electron chi connectivity index (χ2n) is 3.45. The van der Waals surface area contributed by atoms with E-state index < -0.39 is 0 Å². The fraction of sp³-hybridized carbons (Fsp3) is 0.556. The summed E-state index contributed by atoms with van der Waals surface area (Å²) in [5.74, 6) is 1.28. The number of hydrogen-bond donors (Lipinski definition) is 0. The van der Waals surface area contributed by atoms with Crippen LogP contribution < -0.4 is 0 Å². The van der Waals surface area contributed by atoms with Crippen LogP contribution in [0.2, 0.25) is 0 Å². The first-order chi connectivity index (χ1) is 6.25. The first kappa shape index (κ1) is 8.44. The van der Waals surface area contributed by atoms with Crippen LogP contribution in [-0.2, 0) is 17.9 Å². The second kappa shape index (κ2) is 3.30. The van der Waals surface area contributed by atoms with Crippen molar-refractivity contribution in [1.82, 2.24) is 14.5 Å². The number of aromatic nitrogens is 2. The van der Waals surface area contributed by atoms with Gasteiger partial charge in [0.2, 0.25) is 0 Å². The van der Waals surface area contributed by atoms with E-state index in [-0.39, 0.29) is 5.78 Å². The summed E-state index contributed by atoms with van der Waals surface area (Å²) in [5, 5.41) is 0. The largest absolute Gasteiger partial charge is 0.333 e. The Morgan fingerprint density at radius 2 is 2.46 bits per heavy atom. The van der Waals surface area contributed by atoms with Crippen molar-refractivity contribution in [1.29, 1.82) is 0 Å². The van der Waals surface area contributed by atoms with Crippen molar-refractivity contribution in [2.75, 3.05) is 13.1 Å². The standard InChI is InChI=1S/C9H13N3O/c1-8(13)6-11-4-5-12-3-2-10-9(12)7-11/h2-3H,4-7H2,1H3. The molecule has 1 aromatic rings. The van der Waals surface area contributed by atoms with Gasteiger partial charge < -0.3 is 4.57 Å². The summed E-state index contributed by atoms with van der Waals surface area (Å²) < 4.78 is 2.14. The Morgan fingerprint density at radius 1 is 1.62 bits per heavy atom. The van der Waals surface area contributed by atoms with Gasteiger partial charge in [-0.05, 0) is 6.92 Å². The van der Waals surface area contributed by atoms with Gasteiger partial charge in [-0.25, -0.2) is 4.98 Å². The van der Waals surface area contributed by atoms with Crippen LogP contribution in [0.5, 0.6) is 0 Å². The molecule has 0 radical (unpaired) electrons. The molecule has 0 saturated heterocycles. The van der Waals surface area contributed by atoms with Crippen LogP contribution in [0, 0.1) is 0 Å². The fourth-order valence-electron chi connectivity index (χ4n) is 1.67. The van der Waals surface area contributed by atoms with Crippen LogP contribution in [-0.4, -0.2) is 33.3 Å². The monoisotopic (exact) mass is 179 g/mol. The number of imidazole rings is 1. The molecular formula is C9H13N3O. The Balaban J connectivity index is 2.04. The summed E-state index contributed by atoms with van der Waals surface area (Å²) in [6.45, 7) is 4.87. The van der Waals surface area contributed by atoms with E-state index >= 15 is 0 Å². The van der Waals surface area contributed by atoms with Crippen LogP contribution in [0.25, 0.3) is 0 Å². The van der Waals surface area contributed by atoms with Crippen molar-refractivity contribution >= 4 is 5.78 Å². The molecular weight excluding hydrogens is 166 g/mol. The molecule has 1 aliphatic rings. The molecule has 70 valence electrons. The van der Waals surface area contributed by atoms with E-state index in [0.717, 1.165) is 25.5 Å². The highest BCUT2D eigenvalue weighted by molar-refractivity contribution is 5.77. The maximum absolute atomic E-state index is 10.9. The smallest absolute Gasteiger partial charge is 0.143 e. The summed E-state index contributed by atoms with van der Waals surface area (Å²) in [4.78, 5) is 17.2. The molecule has 13 heavy (non-hydrogen) atoms. The molecule has 0 spiro atoms. The lowest BCUT2D eigenvalue weighted by Crippen LogP contribution is -2.36. The third-order valence-electron chi connectivity index (χ3n) is 2.27. The number of carbonyl (C=O) groups is 1. The van der Waals surface area contributed by atoms with Gasteiger partial charge in [0, 0.05) is 25.5 Å². The van der Waals surface area contributed by atoms with Gasteiger partial charge in [0.05, 0.1) is 13.1 Å². The Morgan fingerprint density at radius 3 is 3.23 bits per heavy atom. The van der Waals surface area contributed by atoms with Crippen molar-refractivity contribution in [3.8, 4) is 0 Å². The zero-order chi connectivity index (χ0) is 9.26. The average molecular weight is 179 g/mol. The van der Waals surface area contributed by atoms with Gasteiger partial charge in [0.15, 0.2) is 0 Å². The predicted molar refractivity (Wildman–Crippen MR) is 48.2 cm³/mol. The molecule has 0 atom stereocenters. The van der Waals surface area contributed by atoms with Crippen LogP contribution in [0.15, 0.2) is 12.4 Å². The number of Topliss-reactive ketones (excluding diaryl/α,β-unsaturated/α-hetero) is 1. The Bertz CT molecular complexity index is 318. The van der Waals surface area contributed by atoms with E-state index in [1.54, 1.807) is 6.92 Å². The van der Waals surface area contributed by atoms with Crippen LogP contribution in [0.1, 0.15) is 12.7 Å². The molecule has 0 unspecified atom stereocenters. The lowest BCUT2D eigenvalue weighted by molar-refractivity contribution is -0.118. The molecule has 4 heteroatoms. The lowest BCUT2D eigenvalue weighted by Gasteiger charge is -2.26. The number of carbonyl (C=O) groups excluding carboxylic acids is 1. The topological polar surface area (TPSA) is 38.1 Å². The van der Waals surface area contributed by atoms with E-state index in [1.165, 1.54) is 0 Å². The number of fused-ring (bicyclic) bond motifs is 1. The van der Waals surface area contributed by atoms with E-state index in [4.69, 9.17) is 0 Å². The average Bonchev–Trinajstić information content (AvgIpc) is 2.49. The third-order valence-corrected chi connectivity index (χ3v) is 2.27. The summed E-state index contributed by atoms with van der Waals surface area (Å²) in [6, 6.07) is 0. The molecule has 2 rings (SSSR count). The molecule has 2 heterocycles. The Kier molecular flexibility index (Phi) is 2.14. The summed E-state index contributed by atoms with van der Waals surface area (Å²) in [7, 11) is 0. The molecule has 0 aliphatic carbocycles. The predicted octanol–water partition coefficient (Wildman–Crippen LogP) is 0.288. The molecule has 0 fully saturated rings. The molecule has 0 saturated carbocycles. The SMILES string of the molecule is CC(=O)CN1CCn2ccnc2C1. The summed E-state index contributed by atoms with van der Waals surface area (Å²) in [6.07, 6.45) is 3.80. The lowest BCUT2D eigenvalue weighted by atomic mass is 10.3. The number of hydrogen-bond acceptors (Lipinski definition) is 3. The zero-order valence-corrected chi connectivity index (χ0v) is 7.73. The zero-order valence-electron chi connectivity index (χ0n) is 7.73. The highest BCUT2D eigenvalue weighted by Gasteiger charge is 2.16. The summed E-state index contributed by atoms with van der Waals surface area (Å²) >= 11 is 0. The van der Waals surface area contributed by atoms with Gasteiger partial charge in [-0.1, -0.05) is 0 Å². The van der Waals surface area contributed by atoms with Crippen molar-refractivity contribution in [3.05, 3.63) is 18.2 Å². The summed E-state index contributed by atoms with van der Waals surface area (Å²) in [5.41, 5.74) is 0. The van der Waals surface area contributed by atoms with Gasteiger partial charge in [0.1, 0.15) is 11.6 Å². The van der Waals surface area contributed by atoms with Gasteiger partial charge in [-0.3, -0.25) is 9.69 Å². The molecule has 1 aromatic heterocycles. The van der Waals surface area contributed by atoms with Gasteiger partial charge >= 0.3 is 0 Å². The maximum atomic E-state index is 10.9. The van der Waals surface area contributed by atoms with E-state index in [0.29, 0.717) is 6.54 Å². The van der Waals surface area contributed by atoms with Crippen molar-refractivity contribution in [2.24, 2.45) is 0 Å². The number of nitrogens with zero attached hydrogens (tertiary/aromatic N) is 3. The molecule has 4 nitrogen and oxygen atoms in total. The molecule has 0 aromatic carbocycles. The van der Waals surface area contributed by atoms with Crippen molar-refractivity contribution in [3.63, 3.8) is 0 Å². The Hall–Kier alpha value is -1.16. The van der Waals surface area contributed by atoms with Gasteiger partial charge in [-0.15, -0.1) is 0 Å². The minimum atomic E-state index is 0.222. The van der Waals surface area contributed by atoms with Crippen LogP contribution >= 0.6 is 0 Å². The van der Waals surface area contributed by atoms with Gasteiger partial charge in [-0.2, -0.15) is 0 Å². The van der Waals surface area contributed by atoms with E-state index in [2.05, 4.69) is 14.5 Å². The Labute approximate surface area is 77.2 Å². The minimum absolute atomic E-state index is 0.222. The first-order valence-corrected chi connectivity index (χ1v) is 4.47. The van der Waals surface area contributed by atoms with E-state index in [9.17, 15) is 4.79 Å². The molecule has 1 aliphatic heterocycles.